The second kappa shape index (κ2) is 6.25. The van der Waals surface area contributed by atoms with Gasteiger partial charge in [0, 0.05) is 5.56 Å². The fraction of sp³-hybridized carbons (Fsp3) is 0.133. The molecule has 2 aromatic carbocycles. The monoisotopic (exact) mass is 277 g/mol. The highest BCUT2D eigenvalue weighted by Gasteiger charge is 2.16. The summed E-state index contributed by atoms with van der Waals surface area (Å²) in [6.45, 7) is -0.292. The zero-order valence-electron chi connectivity index (χ0n) is 10.5. The van der Waals surface area contributed by atoms with Gasteiger partial charge in [-0.25, -0.2) is 8.78 Å². The summed E-state index contributed by atoms with van der Waals surface area (Å²) in [5.74, 6) is -2.67. The van der Waals surface area contributed by atoms with Crippen LogP contribution in [0.25, 0.3) is 0 Å². The first-order valence-electron chi connectivity index (χ1n) is 6.03. The van der Waals surface area contributed by atoms with Gasteiger partial charge in [-0.15, -0.1) is 0 Å². The van der Waals surface area contributed by atoms with E-state index in [4.69, 9.17) is 0 Å². The van der Waals surface area contributed by atoms with Gasteiger partial charge in [-0.2, -0.15) is 0 Å². The number of nitrogens with one attached hydrogen (secondary N) is 1. The number of hydrogen-bond acceptors (Lipinski definition) is 2. The van der Waals surface area contributed by atoms with Crippen LogP contribution in [0, 0.1) is 11.6 Å². The van der Waals surface area contributed by atoms with E-state index < -0.39 is 23.6 Å². The minimum Gasteiger partial charge on any atom is -0.394 e. The van der Waals surface area contributed by atoms with E-state index in [-0.39, 0.29) is 12.2 Å². The van der Waals surface area contributed by atoms with Crippen LogP contribution in [0.1, 0.15) is 22.0 Å². The van der Waals surface area contributed by atoms with Crippen molar-refractivity contribution in [2.75, 3.05) is 6.61 Å². The van der Waals surface area contributed by atoms with Crippen molar-refractivity contribution in [2.24, 2.45) is 0 Å². The van der Waals surface area contributed by atoms with Gasteiger partial charge < -0.3 is 10.4 Å². The van der Waals surface area contributed by atoms with Gasteiger partial charge >= 0.3 is 0 Å². The number of hydrogen-bond donors (Lipinski definition) is 2. The lowest BCUT2D eigenvalue weighted by molar-refractivity contribution is 0.0915. The predicted molar refractivity (Wildman–Crippen MR) is 70.1 cm³/mol. The highest BCUT2D eigenvalue weighted by atomic mass is 19.2. The normalized spacial score (nSPS) is 11.9. The molecule has 0 aromatic heterocycles. The summed E-state index contributed by atoms with van der Waals surface area (Å²) >= 11 is 0. The van der Waals surface area contributed by atoms with E-state index >= 15 is 0 Å². The summed E-state index contributed by atoms with van der Waals surface area (Å²) in [5, 5.41) is 11.9. The van der Waals surface area contributed by atoms with Gasteiger partial charge in [0.25, 0.3) is 5.91 Å². The molecule has 1 unspecified atom stereocenters. The Morgan fingerprint density at radius 2 is 1.80 bits per heavy atom. The van der Waals surface area contributed by atoms with Gasteiger partial charge in [-0.1, -0.05) is 30.3 Å². The van der Waals surface area contributed by atoms with E-state index in [1.165, 1.54) is 6.07 Å². The first kappa shape index (κ1) is 14.1. The first-order chi connectivity index (χ1) is 9.61. The molecule has 1 atom stereocenters. The molecule has 3 nitrogen and oxygen atoms in total. The molecule has 0 heterocycles. The Labute approximate surface area is 114 Å². The van der Waals surface area contributed by atoms with Crippen molar-refractivity contribution in [3.63, 3.8) is 0 Å². The van der Waals surface area contributed by atoms with Crippen molar-refractivity contribution < 1.29 is 18.7 Å². The predicted octanol–water partition coefficient (Wildman–Crippen LogP) is 2.43. The second-order valence-electron chi connectivity index (χ2n) is 4.25. The minimum atomic E-state index is -1.09. The third-order valence-corrected chi connectivity index (χ3v) is 2.87. The van der Waals surface area contributed by atoms with Crippen LogP contribution >= 0.6 is 0 Å². The lowest BCUT2D eigenvalue weighted by atomic mass is 10.1. The molecule has 0 fully saturated rings. The van der Waals surface area contributed by atoms with E-state index in [2.05, 4.69) is 5.32 Å². The number of carbonyl (C=O) groups excluding carboxylic acids is 1. The Morgan fingerprint density at radius 1 is 1.10 bits per heavy atom. The van der Waals surface area contributed by atoms with Gasteiger partial charge in [-0.05, 0) is 23.8 Å². The van der Waals surface area contributed by atoms with Gasteiger partial charge in [0.15, 0.2) is 11.6 Å². The largest absolute Gasteiger partial charge is 0.394 e. The van der Waals surface area contributed by atoms with Crippen molar-refractivity contribution in [1.29, 1.82) is 0 Å². The highest BCUT2D eigenvalue weighted by molar-refractivity contribution is 5.94. The van der Waals surface area contributed by atoms with E-state index in [0.717, 1.165) is 17.7 Å². The van der Waals surface area contributed by atoms with Crippen molar-refractivity contribution in [3.05, 3.63) is 71.3 Å². The lowest BCUT2D eigenvalue weighted by Crippen LogP contribution is -2.30. The summed E-state index contributed by atoms with van der Waals surface area (Å²) < 4.78 is 25.9. The van der Waals surface area contributed by atoms with Crippen LogP contribution in [-0.2, 0) is 0 Å². The SMILES string of the molecule is O=C(NC(CO)c1ccccc1)c1ccc(F)c(F)c1. The molecule has 0 aliphatic carbocycles. The Morgan fingerprint density at radius 3 is 2.40 bits per heavy atom. The average Bonchev–Trinajstić information content (AvgIpc) is 2.48. The maximum Gasteiger partial charge on any atom is 0.251 e. The lowest BCUT2D eigenvalue weighted by Gasteiger charge is -2.16. The van der Waals surface area contributed by atoms with Gasteiger partial charge in [0.05, 0.1) is 12.6 Å². The molecule has 2 N–H and O–H groups in total. The molecule has 2 rings (SSSR count). The van der Waals surface area contributed by atoms with Crippen LogP contribution in [0.4, 0.5) is 8.78 Å². The minimum absolute atomic E-state index is 0.00159. The zero-order chi connectivity index (χ0) is 14.5. The molecular formula is C15H13F2NO2. The van der Waals surface area contributed by atoms with Crippen molar-refractivity contribution >= 4 is 5.91 Å². The molecule has 2 aromatic rings. The highest BCUT2D eigenvalue weighted by Crippen LogP contribution is 2.14. The fourth-order valence-corrected chi connectivity index (χ4v) is 1.80. The standard InChI is InChI=1S/C15H13F2NO2/c16-12-7-6-11(8-13(12)17)15(20)18-14(9-19)10-4-2-1-3-5-10/h1-8,14,19H,9H2,(H,18,20). The molecule has 0 saturated carbocycles. The number of benzene rings is 2. The third kappa shape index (κ3) is 3.19. The van der Waals surface area contributed by atoms with Crippen LogP contribution in [0.15, 0.2) is 48.5 Å². The molecule has 0 aliphatic heterocycles. The number of aliphatic hydroxyl groups is 1. The summed E-state index contributed by atoms with van der Waals surface area (Å²) in [6, 6.07) is 11.2. The van der Waals surface area contributed by atoms with Crippen molar-refractivity contribution in [3.8, 4) is 0 Å². The summed E-state index contributed by atoms with van der Waals surface area (Å²) in [5.41, 5.74) is 0.726. The number of carbonyl (C=O) groups is 1. The Bertz CT molecular complexity index is 602. The average molecular weight is 277 g/mol. The Kier molecular flexibility index (Phi) is 4.42. The molecule has 0 aliphatic rings. The first-order valence-corrected chi connectivity index (χ1v) is 6.03. The molecule has 0 bridgehead atoms. The molecule has 104 valence electrons. The molecule has 0 spiro atoms. The van der Waals surface area contributed by atoms with Gasteiger partial charge in [-0.3, -0.25) is 4.79 Å². The number of aliphatic hydroxyl groups excluding tert-OH is 1. The Hall–Kier alpha value is -2.27. The van der Waals surface area contributed by atoms with E-state index in [9.17, 15) is 18.7 Å². The number of amides is 1. The molecule has 5 heteroatoms. The van der Waals surface area contributed by atoms with Crippen LogP contribution in [-0.4, -0.2) is 17.6 Å². The van der Waals surface area contributed by atoms with Crippen LogP contribution in [0.3, 0.4) is 0 Å². The summed E-state index contributed by atoms with van der Waals surface area (Å²) in [7, 11) is 0. The van der Waals surface area contributed by atoms with Crippen LogP contribution in [0.5, 0.6) is 0 Å². The third-order valence-electron chi connectivity index (χ3n) is 2.87. The van der Waals surface area contributed by atoms with Crippen molar-refractivity contribution in [2.45, 2.75) is 6.04 Å². The van der Waals surface area contributed by atoms with Crippen molar-refractivity contribution in [1.82, 2.24) is 5.32 Å². The molecule has 20 heavy (non-hydrogen) atoms. The quantitative estimate of drug-likeness (QED) is 0.901. The number of halogens is 2. The molecule has 0 saturated heterocycles. The molecular weight excluding hydrogens is 264 g/mol. The maximum absolute atomic E-state index is 13.1. The van der Waals surface area contributed by atoms with Crippen LogP contribution in [0.2, 0.25) is 0 Å². The van der Waals surface area contributed by atoms with Crippen LogP contribution < -0.4 is 5.32 Å². The van der Waals surface area contributed by atoms with E-state index in [1.807, 2.05) is 6.07 Å². The second-order valence-corrected chi connectivity index (χ2v) is 4.25. The smallest absolute Gasteiger partial charge is 0.251 e. The summed E-state index contributed by atoms with van der Waals surface area (Å²) in [4.78, 5) is 11.9. The van der Waals surface area contributed by atoms with E-state index in [0.29, 0.717) is 0 Å². The topological polar surface area (TPSA) is 49.3 Å². The summed E-state index contributed by atoms with van der Waals surface area (Å²) in [6.07, 6.45) is 0. The van der Waals surface area contributed by atoms with E-state index in [1.54, 1.807) is 24.3 Å². The number of rotatable bonds is 4. The molecule has 0 radical (unpaired) electrons. The van der Waals surface area contributed by atoms with Gasteiger partial charge in [0.2, 0.25) is 0 Å². The maximum atomic E-state index is 13.1. The zero-order valence-corrected chi connectivity index (χ0v) is 10.5. The molecule has 1 amide bonds. The fourth-order valence-electron chi connectivity index (χ4n) is 1.80. The Balaban J connectivity index is 2.15. The van der Waals surface area contributed by atoms with Gasteiger partial charge in [0.1, 0.15) is 0 Å².